The Morgan fingerprint density at radius 3 is 2.64 bits per heavy atom. The molecule has 0 spiro atoms. The van der Waals surface area contributed by atoms with Gasteiger partial charge < -0.3 is 5.32 Å². The number of rotatable bonds is 5. The number of hydrogen-bond acceptors (Lipinski definition) is 3. The zero-order valence-electron chi connectivity index (χ0n) is 12.6. The van der Waals surface area contributed by atoms with Crippen molar-refractivity contribution < 1.29 is 4.79 Å². The first-order valence-corrected chi connectivity index (χ1v) is 8.98. The minimum atomic E-state index is -0.285. The first kappa shape index (κ1) is 18.3. The second-order valence-electron chi connectivity index (χ2n) is 5.16. The Morgan fingerprint density at radius 1 is 1.16 bits per heavy atom. The van der Waals surface area contributed by atoms with E-state index in [0.717, 1.165) is 10.0 Å². The molecule has 6 nitrogen and oxygen atoms in total. The summed E-state index contributed by atoms with van der Waals surface area (Å²) >= 11 is 21.5. The molecule has 25 heavy (non-hydrogen) atoms. The normalized spacial score (nSPS) is 10.9. The van der Waals surface area contributed by atoms with Crippen LogP contribution in [0.3, 0.4) is 0 Å². The van der Waals surface area contributed by atoms with Crippen LogP contribution in [0.4, 0.5) is 5.82 Å². The highest BCUT2D eigenvalue weighted by molar-refractivity contribution is 9.10. The third-order valence-corrected chi connectivity index (χ3v) is 4.50. The number of carbonyl (C=O) groups is 1. The predicted octanol–water partition coefficient (Wildman–Crippen LogP) is 4.49. The summed E-state index contributed by atoms with van der Waals surface area (Å²) in [5, 5.41) is 12.4. The minimum absolute atomic E-state index is 0.0534. The van der Waals surface area contributed by atoms with Gasteiger partial charge in [-0.1, -0.05) is 40.9 Å². The Balaban J connectivity index is 1.68. The van der Waals surface area contributed by atoms with E-state index in [4.69, 9.17) is 34.8 Å². The molecule has 0 saturated carbocycles. The number of nitrogens with zero attached hydrogens (tertiary/aromatic N) is 4. The molecule has 0 bridgehead atoms. The summed E-state index contributed by atoms with van der Waals surface area (Å²) in [4.78, 5) is 12.1. The molecule has 1 amide bonds. The lowest BCUT2D eigenvalue weighted by Gasteiger charge is -2.05. The van der Waals surface area contributed by atoms with Gasteiger partial charge in [-0.3, -0.25) is 14.2 Å². The van der Waals surface area contributed by atoms with Crippen molar-refractivity contribution in [3.05, 3.63) is 61.9 Å². The number of anilines is 1. The summed E-state index contributed by atoms with van der Waals surface area (Å²) in [6, 6.07) is 5.22. The van der Waals surface area contributed by atoms with E-state index in [0.29, 0.717) is 21.6 Å². The molecule has 0 unspecified atom stereocenters. The highest BCUT2D eigenvalue weighted by atomic mass is 79.9. The molecular weight excluding hydrogens is 452 g/mol. The molecule has 1 aromatic carbocycles. The fraction of sp³-hybridized carbons (Fsp3) is 0.133. The van der Waals surface area contributed by atoms with Crippen LogP contribution in [0, 0.1) is 0 Å². The van der Waals surface area contributed by atoms with Crippen LogP contribution >= 0.6 is 50.7 Å². The van der Waals surface area contributed by atoms with Gasteiger partial charge in [-0.2, -0.15) is 10.2 Å². The van der Waals surface area contributed by atoms with Crippen LogP contribution in [0.15, 0.2) is 41.3 Å². The molecular formula is C15H11BrCl3N5O. The minimum Gasteiger partial charge on any atom is -0.306 e. The number of halogens is 4. The van der Waals surface area contributed by atoms with Crippen molar-refractivity contribution in [2.24, 2.45) is 0 Å². The monoisotopic (exact) mass is 461 g/mol. The van der Waals surface area contributed by atoms with Crippen molar-refractivity contribution in [1.29, 1.82) is 0 Å². The molecule has 3 rings (SSSR count). The van der Waals surface area contributed by atoms with Crippen molar-refractivity contribution in [1.82, 2.24) is 19.6 Å². The Hall–Kier alpha value is -1.54. The van der Waals surface area contributed by atoms with E-state index in [-0.39, 0.29) is 18.3 Å². The average molecular weight is 464 g/mol. The molecule has 130 valence electrons. The molecule has 3 aromatic rings. The molecule has 0 atom stereocenters. The van der Waals surface area contributed by atoms with Crippen LogP contribution in [-0.2, 0) is 17.9 Å². The Bertz CT molecular complexity index is 924. The van der Waals surface area contributed by atoms with Gasteiger partial charge in [0, 0.05) is 22.4 Å². The Labute approximate surface area is 166 Å². The van der Waals surface area contributed by atoms with Crippen LogP contribution in [0.1, 0.15) is 5.56 Å². The second-order valence-corrected chi connectivity index (χ2v) is 7.33. The van der Waals surface area contributed by atoms with Crippen LogP contribution in [-0.4, -0.2) is 25.5 Å². The van der Waals surface area contributed by atoms with E-state index >= 15 is 0 Å². The maximum absolute atomic E-state index is 12.1. The fourth-order valence-electron chi connectivity index (χ4n) is 2.13. The van der Waals surface area contributed by atoms with Gasteiger partial charge >= 0.3 is 0 Å². The summed E-state index contributed by atoms with van der Waals surface area (Å²) in [5.74, 6) is -0.00440. The van der Waals surface area contributed by atoms with Crippen LogP contribution in [0.25, 0.3) is 0 Å². The average Bonchev–Trinajstić information content (AvgIpc) is 3.08. The van der Waals surface area contributed by atoms with E-state index in [1.54, 1.807) is 35.4 Å². The zero-order valence-corrected chi connectivity index (χ0v) is 16.4. The van der Waals surface area contributed by atoms with Gasteiger partial charge in [-0.15, -0.1) is 0 Å². The molecule has 0 aliphatic rings. The first-order valence-electron chi connectivity index (χ1n) is 7.05. The molecule has 0 radical (unpaired) electrons. The van der Waals surface area contributed by atoms with Crippen LogP contribution in [0.5, 0.6) is 0 Å². The van der Waals surface area contributed by atoms with E-state index in [1.165, 1.54) is 4.68 Å². The summed E-state index contributed by atoms with van der Waals surface area (Å²) in [5.41, 5.74) is 0.838. The lowest BCUT2D eigenvalue weighted by molar-refractivity contribution is -0.116. The Morgan fingerprint density at radius 2 is 1.96 bits per heavy atom. The van der Waals surface area contributed by atoms with E-state index in [1.807, 2.05) is 6.07 Å². The number of carbonyl (C=O) groups excluding carboxylic acids is 1. The van der Waals surface area contributed by atoms with Gasteiger partial charge in [0.05, 0.1) is 17.2 Å². The number of benzene rings is 1. The second kappa shape index (κ2) is 7.78. The van der Waals surface area contributed by atoms with Crippen molar-refractivity contribution in [3.8, 4) is 0 Å². The predicted molar refractivity (Wildman–Crippen MR) is 101 cm³/mol. The van der Waals surface area contributed by atoms with Gasteiger partial charge in [0.2, 0.25) is 5.91 Å². The molecule has 10 heteroatoms. The van der Waals surface area contributed by atoms with Crippen LogP contribution < -0.4 is 5.32 Å². The number of aromatic nitrogens is 4. The summed E-state index contributed by atoms with van der Waals surface area (Å²) in [7, 11) is 0. The molecule has 1 N–H and O–H groups in total. The number of hydrogen-bond donors (Lipinski definition) is 1. The van der Waals surface area contributed by atoms with Gasteiger partial charge in [0.15, 0.2) is 5.82 Å². The van der Waals surface area contributed by atoms with Crippen molar-refractivity contribution in [3.63, 3.8) is 0 Å². The van der Waals surface area contributed by atoms with E-state index in [9.17, 15) is 4.79 Å². The van der Waals surface area contributed by atoms with Gasteiger partial charge in [0.25, 0.3) is 0 Å². The SMILES string of the molecule is O=C(Cn1cc(Br)cn1)Nc1nn(Cc2ccc(Cl)cc2Cl)cc1Cl. The maximum atomic E-state index is 12.1. The highest BCUT2D eigenvalue weighted by Gasteiger charge is 2.12. The summed E-state index contributed by atoms with van der Waals surface area (Å²) in [6.45, 7) is 0.454. The molecule has 0 fully saturated rings. The molecule has 0 aliphatic carbocycles. The topological polar surface area (TPSA) is 64.7 Å². The highest BCUT2D eigenvalue weighted by Crippen LogP contribution is 2.24. The van der Waals surface area contributed by atoms with Gasteiger partial charge in [0.1, 0.15) is 11.6 Å². The Kier molecular flexibility index (Phi) is 5.68. The van der Waals surface area contributed by atoms with E-state index in [2.05, 4.69) is 31.4 Å². The first-order chi connectivity index (χ1) is 11.9. The quantitative estimate of drug-likeness (QED) is 0.606. The smallest absolute Gasteiger partial charge is 0.247 e. The third kappa shape index (κ3) is 4.76. The molecule has 2 aromatic heterocycles. The number of amides is 1. The summed E-state index contributed by atoms with van der Waals surface area (Å²) < 4.78 is 3.89. The maximum Gasteiger partial charge on any atom is 0.247 e. The third-order valence-electron chi connectivity index (χ3n) is 3.23. The van der Waals surface area contributed by atoms with Crippen molar-refractivity contribution in [2.45, 2.75) is 13.1 Å². The van der Waals surface area contributed by atoms with Gasteiger partial charge in [-0.05, 0) is 33.6 Å². The fourth-order valence-corrected chi connectivity index (χ4v) is 3.12. The van der Waals surface area contributed by atoms with Gasteiger partial charge in [-0.25, -0.2) is 0 Å². The van der Waals surface area contributed by atoms with E-state index < -0.39 is 0 Å². The van der Waals surface area contributed by atoms with Crippen LogP contribution in [0.2, 0.25) is 15.1 Å². The molecule has 0 saturated heterocycles. The standard InChI is InChI=1S/C15H11BrCl3N5O/c16-10-4-20-23(6-10)8-14(25)21-15-13(19)7-24(22-15)5-9-1-2-11(17)3-12(9)18/h1-4,6-7H,5,8H2,(H,21,22,25). The summed E-state index contributed by atoms with van der Waals surface area (Å²) in [6.07, 6.45) is 4.92. The lowest BCUT2D eigenvalue weighted by Crippen LogP contribution is -2.19. The lowest BCUT2D eigenvalue weighted by atomic mass is 10.2. The largest absolute Gasteiger partial charge is 0.306 e. The zero-order chi connectivity index (χ0) is 18.0. The van der Waals surface area contributed by atoms with Crippen molar-refractivity contribution >= 4 is 62.5 Å². The molecule has 2 heterocycles. The molecule has 0 aliphatic heterocycles. The van der Waals surface area contributed by atoms with Crippen molar-refractivity contribution in [2.75, 3.05) is 5.32 Å². The number of nitrogens with one attached hydrogen (secondary N) is 1.